The number of aryl methyl sites for hydroxylation is 1. The molecule has 0 spiro atoms. The van der Waals surface area contributed by atoms with Gasteiger partial charge in [0.1, 0.15) is 6.10 Å². The van der Waals surface area contributed by atoms with E-state index >= 15 is 0 Å². The Morgan fingerprint density at radius 3 is 2.76 bits per heavy atom. The van der Waals surface area contributed by atoms with Crippen LogP contribution in [0.15, 0.2) is 35.7 Å². The van der Waals surface area contributed by atoms with Gasteiger partial charge in [0.2, 0.25) is 0 Å². The van der Waals surface area contributed by atoms with Crippen molar-refractivity contribution in [2.45, 2.75) is 32.5 Å². The molecule has 2 aromatic rings. The highest BCUT2D eigenvalue weighted by atomic mass is 32.1. The summed E-state index contributed by atoms with van der Waals surface area (Å²) >= 11 is 1.75. The Kier molecular flexibility index (Phi) is 6.07. The van der Waals surface area contributed by atoms with Crippen molar-refractivity contribution in [1.82, 2.24) is 5.32 Å². The van der Waals surface area contributed by atoms with Gasteiger partial charge in [0, 0.05) is 29.3 Å². The molecule has 3 rings (SSSR count). The quantitative estimate of drug-likeness (QED) is 0.796. The molecule has 0 bridgehead atoms. The van der Waals surface area contributed by atoms with Crippen LogP contribution in [0, 0.1) is 6.92 Å². The van der Waals surface area contributed by atoms with E-state index in [2.05, 4.69) is 29.0 Å². The molecular formula is C19H24N2O3S. The van der Waals surface area contributed by atoms with Crippen LogP contribution in [0.4, 0.5) is 5.69 Å². The van der Waals surface area contributed by atoms with Gasteiger partial charge in [0.15, 0.2) is 0 Å². The summed E-state index contributed by atoms with van der Waals surface area (Å²) in [4.78, 5) is 13.7. The largest absolute Gasteiger partial charge is 0.380 e. The zero-order chi connectivity index (χ0) is 17.6. The first-order valence-corrected chi connectivity index (χ1v) is 9.42. The van der Waals surface area contributed by atoms with Gasteiger partial charge in [0.05, 0.1) is 19.3 Å². The van der Waals surface area contributed by atoms with E-state index in [0.29, 0.717) is 25.4 Å². The fraction of sp³-hybridized carbons (Fsp3) is 0.421. The molecule has 2 N–H and O–H groups in total. The summed E-state index contributed by atoms with van der Waals surface area (Å²) in [5.74, 6) is -0.0964. The van der Waals surface area contributed by atoms with Crippen molar-refractivity contribution in [3.05, 3.63) is 51.7 Å². The third-order valence-electron chi connectivity index (χ3n) is 4.29. The predicted molar refractivity (Wildman–Crippen MR) is 100 cm³/mol. The molecule has 2 heterocycles. The number of hydrogen-bond acceptors (Lipinski definition) is 5. The minimum absolute atomic E-state index is 0.0658. The zero-order valence-electron chi connectivity index (χ0n) is 14.6. The fourth-order valence-corrected chi connectivity index (χ4v) is 3.65. The molecule has 1 aromatic carbocycles. The number of rotatable bonds is 7. The average Bonchev–Trinajstić information content (AvgIpc) is 3.23. The smallest absolute Gasteiger partial charge is 0.251 e. The number of thiophene rings is 1. The van der Waals surface area contributed by atoms with Crippen LogP contribution in [-0.4, -0.2) is 37.9 Å². The molecule has 1 amide bonds. The van der Waals surface area contributed by atoms with Crippen LogP contribution in [0.1, 0.15) is 27.7 Å². The highest BCUT2D eigenvalue weighted by Gasteiger charge is 2.30. The Hall–Kier alpha value is -1.89. The molecule has 1 saturated heterocycles. The van der Waals surface area contributed by atoms with Crippen LogP contribution in [0.3, 0.4) is 0 Å². The van der Waals surface area contributed by atoms with Crippen LogP contribution in [0.25, 0.3) is 0 Å². The van der Waals surface area contributed by atoms with Gasteiger partial charge in [-0.25, -0.2) is 0 Å². The molecule has 0 aliphatic carbocycles. The van der Waals surface area contributed by atoms with Crippen LogP contribution in [0.5, 0.6) is 0 Å². The lowest BCUT2D eigenvalue weighted by molar-refractivity contribution is 0.0402. The topological polar surface area (TPSA) is 59.6 Å². The van der Waals surface area contributed by atoms with Crippen LogP contribution in [0.2, 0.25) is 0 Å². The van der Waals surface area contributed by atoms with E-state index in [-0.39, 0.29) is 18.1 Å². The number of nitrogens with one attached hydrogen (secondary N) is 2. The molecule has 1 aliphatic rings. The molecule has 25 heavy (non-hydrogen) atoms. The number of anilines is 1. The maximum Gasteiger partial charge on any atom is 0.251 e. The Morgan fingerprint density at radius 2 is 2.08 bits per heavy atom. The molecule has 2 atom stereocenters. The van der Waals surface area contributed by atoms with Gasteiger partial charge >= 0.3 is 0 Å². The van der Waals surface area contributed by atoms with Crippen molar-refractivity contribution < 1.29 is 14.3 Å². The van der Waals surface area contributed by atoms with Crippen molar-refractivity contribution in [2.75, 3.05) is 25.1 Å². The fourth-order valence-electron chi connectivity index (χ4n) is 2.81. The summed E-state index contributed by atoms with van der Waals surface area (Å²) in [5.41, 5.74) is 2.94. The standard InChI is InChI=1S/C19H24N2O3S/c1-3-24-17-12-23-11-16(17)21-19(22)14-4-6-15(7-5-14)20-10-18-13(2)8-9-25-18/h4-9,16-17,20H,3,10-12H2,1-2H3,(H,21,22)/t16-,17-/m0/s1. The Morgan fingerprint density at radius 1 is 1.28 bits per heavy atom. The minimum Gasteiger partial charge on any atom is -0.380 e. The Balaban J connectivity index is 1.54. The van der Waals surface area contributed by atoms with E-state index < -0.39 is 0 Å². The van der Waals surface area contributed by atoms with Gasteiger partial charge in [-0.3, -0.25) is 4.79 Å². The van der Waals surface area contributed by atoms with Gasteiger partial charge in [0.25, 0.3) is 5.91 Å². The highest BCUT2D eigenvalue weighted by Crippen LogP contribution is 2.18. The summed E-state index contributed by atoms with van der Waals surface area (Å²) in [6.07, 6.45) is -0.0658. The molecule has 5 nitrogen and oxygen atoms in total. The van der Waals surface area contributed by atoms with E-state index in [4.69, 9.17) is 9.47 Å². The number of carbonyl (C=O) groups excluding carboxylic acids is 1. The first-order chi connectivity index (χ1) is 12.2. The molecule has 0 radical (unpaired) electrons. The molecule has 1 fully saturated rings. The normalized spacial score (nSPS) is 19.8. The van der Waals surface area contributed by atoms with Crippen molar-refractivity contribution in [3.8, 4) is 0 Å². The summed E-state index contributed by atoms with van der Waals surface area (Å²) in [6.45, 7) is 6.50. The SMILES string of the molecule is CCO[C@H]1COC[C@@H]1NC(=O)c1ccc(NCc2sccc2C)cc1. The van der Waals surface area contributed by atoms with Crippen LogP contribution < -0.4 is 10.6 Å². The number of ether oxygens (including phenoxy) is 2. The number of carbonyl (C=O) groups is 1. The number of benzene rings is 1. The molecule has 1 aliphatic heterocycles. The van der Waals surface area contributed by atoms with Gasteiger partial charge in [-0.05, 0) is 55.1 Å². The summed E-state index contributed by atoms with van der Waals surface area (Å²) in [5, 5.41) is 8.49. The van der Waals surface area contributed by atoms with Crippen molar-refractivity contribution in [3.63, 3.8) is 0 Å². The lowest BCUT2D eigenvalue weighted by Crippen LogP contribution is -2.43. The number of amides is 1. The molecule has 0 unspecified atom stereocenters. The molecule has 6 heteroatoms. The summed E-state index contributed by atoms with van der Waals surface area (Å²) in [6, 6.07) is 9.57. The number of hydrogen-bond donors (Lipinski definition) is 2. The van der Waals surface area contributed by atoms with E-state index in [1.165, 1.54) is 10.4 Å². The van der Waals surface area contributed by atoms with E-state index in [1.807, 2.05) is 31.2 Å². The van der Waals surface area contributed by atoms with Crippen molar-refractivity contribution in [1.29, 1.82) is 0 Å². The summed E-state index contributed by atoms with van der Waals surface area (Å²) < 4.78 is 11.0. The van der Waals surface area contributed by atoms with E-state index in [1.54, 1.807) is 11.3 Å². The third-order valence-corrected chi connectivity index (χ3v) is 5.32. The Bertz CT molecular complexity index is 699. The molecule has 0 saturated carbocycles. The minimum atomic E-state index is -0.0964. The maximum absolute atomic E-state index is 12.4. The Labute approximate surface area is 152 Å². The van der Waals surface area contributed by atoms with Crippen molar-refractivity contribution in [2.24, 2.45) is 0 Å². The molecule has 1 aromatic heterocycles. The van der Waals surface area contributed by atoms with Gasteiger partial charge in [-0.15, -0.1) is 11.3 Å². The van der Waals surface area contributed by atoms with Gasteiger partial charge in [-0.1, -0.05) is 0 Å². The van der Waals surface area contributed by atoms with Gasteiger partial charge in [-0.2, -0.15) is 0 Å². The molecule has 134 valence electrons. The molecular weight excluding hydrogens is 336 g/mol. The maximum atomic E-state index is 12.4. The lowest BCUT2D eigenvalue weighted by Gasteiger charge is -2.19. The van der Waals surface area contributed by atoms with E-state index in [9.17, 15) is 4.79 Å². The lowest BCUT2D eigenvalue weighted by atomic mass is 10.1. The van der Waals surface area contributed by atoms with E-state index in [0.717, 1.165) is 12.2 Å². The van der Waals surface area contributed by atoms with Crippen LogP contribution >= 0.6 is 11.3 Å². The average molecular weight is 360 g/mol. The van der Waals surface area contributed by atoms with Crippen molar-refractivity contribution >= 4 is 22.9 Å². The van der Waals surface area contributed by atoms with Crippen LogP contribution in [-0.2, 0) is 16.0 Å². The predicted octanol–water partition coefficient (Wildman–Crippen LogP) is 3.20. The zero-order valence-corrected chi connectivity index (χ0v) is 15.4. The third kappa shape index (κ3) is 4.60. The first-order valence-electron chi connectivity index (χ1n) is 8.54. The first kappa shape index (κ1) is 17.9. The monoisotopic (exact) mass is 360 g/mol. The summed E-state index contributed by atoms with van der Waals surface area (Å²) in [7, 11) is 0. The second-order valence-electron chi connectivity index (χ2n) is 6.07. The van der Waals surface area contributed by atoms with Gasteiger partial charge < -0.3 is 20.1 Å². The second-order valence-corrected chi connectivity index (χ2v) is 7.07. The highest BCUT2D eigenvalue weighted by molar-refractivity contribution is 7.10. The second kappa shape index (κ2) is 8.47.